The monoisotopic (exact) mass is 292 g/mol. The summed E-state index contributed by atoms with van der Waals surface area (Å²) in [6.45, 7) is 3.58. The molecule has 1 amide bonds. The first-order valence-electron chi connectivity index (χ1n) is 5.47. The van der Waals surface area contributed by atoms with Crippen LogP contribution in [0.15, 0.2) is 23.1 Å². The second kappa shape index (κ2) is 6.07. The number of sulfonamides is 1. The molecule has 1 aromatic carbocycles. The van der Waals surface area contributed by atoms with E-state index in [0.717, 1.165) is 0 Å². The lowest BCUT2D eigenvalue weighted by molar-refractivity contribution is -0.122. The summed E-state index contributed by atoms with van der Waals surface area (Å²) in [6, 6.07) is 1.86. The molecule has 0 bridgehead atoms. The maximum absolute atomic E-state index is 12.9. The number of hydrogen-bond acceptors (Lipinski definition) is 3. The van der Waals surface area contributed by atoms with Crippen LogP contribution in [0.4, 0.5) is 8.78 Å². The summed E-state index contributed by atoms with van der Waals surface area (Å²) in [4.78, 5) is 12.5. The van der Waals surface area contributed by atoms with Crippen LogP contribution in [-0.4, -0.2) is 14.3 Å². The Morgan fingerprint density at radius 3 is 2.21 bits per heavy atom. The number of halogens is 2. The summed E-state index contributed by atoms with van der Waals surface area (Å²) in [5, 5.41) is 0. The van der Waals surface area contributed by atoms with Crippen LogP contribution in [0.2, 0.25) is 0 Å². The Balaban J connectivity index is 2.79. The van der Waals surface area contributed by atoms with E-state index in [9.17, 15) is 22.0 Å². The van der Waals surface area contributed by atoms with Crippen LogP contribution < -0.4 is 10.3 Å². The first-order valence-corrected chi connectivity index (χ1v) is 6.96. The van der Waals surface area contributed by atoms with Gasteiger partial charge in [0.15, 0.2) is 0 Å². The second-order valence-electron chi connectivity index (χ2n) is 4.36. The normalized spacial score (nSPS) is 11.6. The van der Waals surface area contributed by atoms with E-state index in [1.54, 1.807) is 18.7 Å². The van der Waals surface area contributed by atoms with Gasteiger partial charge in [0, 0.05) is 12.5 Å². The lowest BCUT2D eigenvalue weighted by Crippen LogP contribution is -2.41. The van der Waals surface area contributed by atoms with Crippen molar-refractivity contribution in [2.45, 2.75) is 25.2 Å². The van der Waals surface area contributed by atoms with Crippen LogP contribution in [0, 0.1) is 17.6 Å². The molecule has 19 heavy (non-hydrogen) atoms. The maximum atomic E-state index is 12.9. The largest absolute Gasteiger partial charge is 0.278 e. The molecule has 5 nitrogen and oxygen atoms in total. The molecule has 106 valence electrons. The zero-order valence-electron chi connectivity index (χ0n) is 10.4. The van der Waals surface area contributed by atoms with Crippen molar-refractivity contribution in [3.63, 3.8) is 0 Å². The zero-order valence-corrected chi connectivity index (χ0v) is 11.2. The van der Waals surface area contributed by atoms with Gasteiger partial charge in [0.05, 0.1) is 4.90 Å². The number of carbonyl (C=O) groups is 1. The van der Waals surface area contributed by atoms with E-state index in [4.69, 9.17) is 0 Å². The molecule has 0 aliphatic heterocycles. The molecule has 0 aromatic heterocycles. The molecule has 0 unspecified atom stereocenters. The van der Waals surface area contributed by atoms with Crippen LogP contribution in [0.5, 0.6) is 0 Å². The summed E-state index contributed by atoms with van der Waals surface area (Å²) in [6.07, 6.45) is 0.125. The average molecular weight is 292 g/mol. The van der Waals surface area contributed by atoms with Gasteiger partial charge in [-0.3, -0.25) is 10.2 Å². The van der Waals surface area contributed by atoms with Crippen LogP contribution in [0.25, 0.3) is 0 Å². The van der Waals surface area contributed by atoms with Crippen LogP contribution in [-0.2, 0) is 14.8 Å². The van der Waals surface area contributed by atoms with Gasteiger partial charge in [-0.05, 0) is 18.1 Å². The van der Waals surface area contributed by atoms with Crippen molar-refractivity contribution in [2.75, 3.05) is 0 Å². The molecule has 0 saturated heterocycles. The highest BCUT2D eigenvalue weighted by Crippen LogP contribution is 2.12. The summed E-state index contributed by atoms with van der Waals surface area (Å²) >= 11 is 0. The van der Waals surface area contributed by atoms with E-state index < -0.39 is 32.5 Å². The Morgan fingerprint density at radius 2 is 1.74 bits per heavy atom. The third kappa shape index (κ3) is 4.92. The number of carbonyl (C=O) groups excluding carboxylic acids is 1. The molecule has 0 heterocycles. The van der Waals surface area contributed by atoms with Gasteiger partial charge in [0.1, 0.15) is 11.6 Å². The molecule has 0 fully saturated rings. The van der Waals surface area contributed by atoms with Crippen molar-refractivity contribution in [1.29, 1.82) is 0 Å². The third-order valence-electron chi connectivity index (χ3n) is 2.06. The van der Waals surface area contributed by atoms with E-state index in [1.807, 2.05) is 5.43 Å². The molecule has 1 rings (SSSR count). The van der Waals surface area contributed by atoms with Gasteiger partial charge in [0.25, 0.3) is 10.0 Å². The third-order valence-corrected chi connectivity index (χ3v) is 3.29. The Morgan fingerprint density at radius 1 is 1.21 bits per heavy atom. The fourth-order valence-corrected chi connectivity index (χ4v) is 2.19. The van der Waals surface area contributed by atoms with Gasteiger partial charge in [-0.15, -0.1) is 4.83 Å². The number of benzene rings is 1. The molecule has 0 saturated carbocycles. The van der Waals surface area contributed by atoms with E-state index >= 15 is 0 Å². The highest BCUT2D eigenvalue weighted by molar-refractivity contribution is 7.89. The average Bonchev–Trinajstić information content (AvgIpc) is 2.24. The summed E-state index contributed by atoms with van der Waals surface area (Å²) in [7, 11) is -4.20. The molecule has 0 radical (unpaired) electrons. The van der Waals surface area contributed by atoms with Gasteiger partial charge in [-0.25, -0.2) is 17.2 Å². The van der Waals surface area contributed by atoms with Crippen LogP contribution >= 0.6 is 0 Å². The van der Waals surface area contributed by atoms with Gasteiger partial charge >= 0.3 is 0 Å². The van der Waals surface area contributed by atoms with Gasteiger partial charge < -0.3 is 0 Å². The van der Waals surface area contributed by atoms with E-state index in [0.29, 0.717) is 18.2 Å². The standard InChI is InChI=1S/C11H14F2N2O3S/c1-7(2)3-11(16)14-15-19(17,18)10-5-8(12)4-9(13)6-10/h4-7,15H,3H2,1-2H3,(H,14,16). The summed E-state index contributed by atoms with van der Waals surface area (Å²) in [5.74, 6) is -2.52. The molecule has 8 heteroatoms. The Hall–Kier alpha value is -1.54. The zero-order chi connectivity index (χ0) is 14.6. The maximum Gasteiger partial charge on any atom is 0.257 e. The molecule has 0 spiro atoms. The Kier molecular flexibility index (Phi) is 4.96. The van der Waals surface area contributed by atoms with E-state index in [2.05, 4.69) is 0 Å². The summed E-state index contributed by atoms with van der Waals surface area (Å²) in [5.41, 5.74) is 1.97. The van der Waals surface area contributed by atoms with E-state index in [1.165, 1.54) is 0 Å². The first-order chi connectivity index (χ1) is 8.70. The highest BCUT2D eigenvalue weighted by atomic mass is 32.2. The number of nitrogens with one attached hydrogen (secondary N) is 2. The van der Waals surface area contributed by atoms with Gasteiger partial charge in [0.2, 0.25) is 5.91 Å². The molecular formula is C11H14F2N2O3S. The van der Waals surface area contributed by atoms with Crippen molar-refractivity contribution in [2.24, 2.45) is 5.92 Å². The number of rotatable bonds is 5. The van der Waals surface area contributed by atoms with Crippen molar-refractivity contribution in [3.8, 4) is 0 Å². The minimum absolute atomic E-state index is 0.0520. The Bertz CT molecular complexity index is 553. The topological polar surface area (TPSA) is 75.3 Å². The van der Waals surface area contributed by atoms with E-state index in [-0.39, 0.29) is 12.3 Å². The predicted octanol–water partition coefficient (Wildman–Crippen LogP) is 1.32. The number of hydrogen-bond donors (Lipinski definition) is 2. The number of hydrazine groups is 1. The number of amides is 1. The lowest BCUT2D eigenvalue weighted by atomic mass is 10.1. The van der Waals surface area contributed by atoms with Crippen molar-refractivity contribution >= 4 is 15.9 Å². The fourth-order valence-electron chi connectivity index (χ4n) is 1.29. The minimum atomic E-state index is -4.20. The van der Waals surface area contributed by atoms with Crippen molar-refractivity contribution < 1.29 is 22.0 Å². The van der Waals surface area contributed by atoms with Gasteiger partial charge in [-0.2, -0.15) is 0 Å². The fraction of sp³-hybridized carbons (Fsp3) is 0.364. The minimum Gasteiger partial charge on any atom is -0.278 e. The molecule has 0 atom stereocenters. The quantitative estimate of drug-likeness (QED) is 0.804. The summed E-state index contributed by atoms with van der Waals surface area (Å²) < 4.78 is 49.2. The first kappa shape index (κ1) is 15.5. The van der Waals surface area contributed by atoms with Crippen LogP contribution in [0.1, 0.15) is 20.3 Å². The Labute approximate surface area is 110 Å². The SMILES string of the molecule is CC(C)CC(=O)NNS(=O)(=O)c1cc(F)cc(F)c1. The highest BCUT2D eigenvalue weighted by Gasteiger charge is 2.17. The molecule has 1 aromatic rings. The lowest BCUT2D eigenvalue weighted by Gasteiger charge is -2.09. The van der Waals surface area contributed by atoms with Gasteiger partial charge in [-0.1, -0.05) is 13.8 Å². The van der Waals surface area contributed by atoms with Crippen LogP contribution in [0.3, 0.4) is 0 Å². The molecule has 2 N–H and O–H groups in total. The molecule has 0 aliphatic rings. The molecular weight excluding hydrogens is 278 g/mol. The second-order valence-corrected chi connectivity index (χ2v) is 6.04. The van der Waals surface area contributed by atoms with Crippen molar-refractivity contribution in [1.82, 2.24) is 10.3 Å². The smallest absolute Gasteiger partial charge is 0.257 e. The van der Waals surface area contributed by atoms with Crippen molar-refractivity contribution in [3.05, 3.63) is 29.8 Å². The molecule has 0 aliphatic carbocycles. The predicted molar refractivity (Wildman–Crippen MR) is 64.3 cm³/mol.